The molecule has 0 spiro atoms. The number of carbonyl (C=O) groups excluding carboxylic acids is 1. The van der Waals surface area contributed by atoms with Crippen molar-refractivity contribution in [3.05, 3.63) is 24.3 Å². The maximum absolute atomic E-state index is 12.2. The monoisotopic (exact) mass is 292 g/mol. The first kappa shape index (κ1) is 15.2. The van der Waals surface area contributed by atoms with Gasteiger partial charge in [-0.3, -0.25) is 4.79 Å². The summed E-state index contributed by atoms with van der Waals surface area (Å²) in [5.74, 6) is -0.663. The second-order valence-corrected chi connectivity index (χ2v) is 5.51. The van der Waals surface area contributed by atoms with Gasteiger partial charge in [-0.05, 0) is 24.5 Å². The Balaban J connectivity index is 1.99. The van der Waals surface area contributed by atoms with E-state index >= 15 is 0 Å². The number of benzene rings is 1. The third-order valence-corrected chi connectivity index (χ3v) is 3.25. The number of anilines is 1. The Hall–Kier alpha value is -2.24. The molecule has 1 aliphatic heterocycles. The molecule has 21 heavy (non-hydrogen) atoms. The average Bonchev–Trinajstić information content (AvgIpc) is 2.45. The molecule has 1 unspecified atom stereocenters. The van der Waals surface area contributed by atoms with Crippen LogP contribution in [0.2, 0.25) is 0 Å². The van der Waals surface area contributed by atoms with E-state index in [1.807, 2.05) is 32.0 Å². The van der Waals surface area contributed by atoms with Crippen LogP contribution in [-0.4, -0.2) is 35.7 Å². The molecular formula is C15H20N2O4. The number of ether oxygens (including phenoxy) is 1. The Labute approximate surface area is 123 Å². The number of para-hydroxylation sites is 2. The highest BCUT2D eigenvalue weighted by Gasteiger charge is 2.29. The summed E-state index contributed by atoms with van der Waals surface area (Å²) in [6.45, 7) is 4.14. The number of aliphatic carboxylic acids is 1. The van der Waals surface area contributed by atoms with Gasteiger partial charge >= 0.3 is 5.97 Å². The van der Waals surface area contributed by atoms with E-state index in [-0.39, 0.29) is 5.92 Å². The summed E-state index contributed by atoms with van der Waals surface area (Å²) < 4.78 is 5.61. The summed E-state index contributed by atoms with van der Waals surface area (Å²) in [6, 6.07) is 6.43. The SMILES string of the molecule is CC(C)C[C@@H](NC(=O)C1CNc2ccccc2O1)C(=O)O. The number of carboxylic acid groups (broad SMARTS) is 1. The second-order valence-electron chi connectivity index (χ2n) is 5.51. The summed E-state index contributed by atoms with van der Waals surface area (Å²) in [4.78, 5) is 23.3. The Bertz CT molecular complexity index is 530. The molecule has 6 heteroatoms. The summed E-state index contributed by atoms with van der Waals surface area (Å²) in [6.07, 6.45) is -0.341. The van der Waals surface area contributed by atoms with E-state index in [0.717, 1.165) is 5.69 Å². The number of nitrogens with one attached hydrogen (secondary N) is 2. The zero-order valence-corrected chi connectivity index (χ0v) is 12.1. The Morgan fingerprint density at radius 1 is 1.43 bits per heavy atom. The van der Waals surface area contributed by atoms with Gasteiger partial charge in [0.1, 0.15) is 11.8 Å². The lowest BCUT2D eigenvalue weighted by atomic mass is 10.0. The van der Waals surface area contributed by atoms with Crippen LogP contribution >= 0.6 is 0 Å². The fraction of sp³-hybridized carbons (Fsp3) is 0.467. The minimum Gasteiger partial charge on any atom is -0.480 e. The minimum atomic E-state index is -1.03. The van der Waals surface area contributed by atoms with Gasteiger partial charge in [-0.25, -0.2) is 4.79 Å². The topological polar surface area (TPSA) is 87.7 Å². The summed E-state index contributed by atoms with van der Waals surface area (Å²) in [5.41, 5.74) is 0.832. The van der Waals surface area contributed by atoms with Gasteiger partial charge in [0.05, 0.1) is 12.2 Å². The van der Waals surface area contributed by atoms with Crippen LogP contribution < -0.4 is 15.4 Å². The van der Waals surface area contributed by atoms with E-state index in [4.69, 9.17) is 9.84 Å². The molecule has 0 radical (unpaired) electrons. The highest BCUT2D eigenvalue weighted by Crippen LogP contribution is 2.28. The van der Waals surface area contributed by atoms with Crippen LogP contribution in [0.1, 0.15) is 20.3 Å². The molecule has 1 aliphatic rings. The van der Waals surface area contributed by atoms with Crippen molar-refractivity contribution in [2.75, 3.05) is 11.9 Å². The fourth-order valence-electron chi connectivity index (χ4n) is 2.22. The van der Waals surface area contributed by atoms with Gasteiger partial charge in [-0.2, -0.15) is 0 Å². The molecule has 0 fully saturated rings. The van der Waals surface area contributed by atoms with Crippen LogP contribution in [0, 0.1) is 5.92 Å². The molecule has 0 saturated carbocycles. The van der Waals surface area contributed by atoms with E-state index in [0.29, 0.717) is 18.7 Å². The van der Waals surface area contributed by atoms with Crippen molar-refractivity contribution in [2.45, 2.75) is 32.4 Å². The Morgan fingerprint density at radius 2 is 2.14 bits per heavy atom. The zero-order chi connectivity index (χ0) is 15.4. The third kappa shape index (κ3) is 3.87. The van der Waals surface area contributed by atoms with Gasteiger partial charge in [-0.1, -0.05) is 26.0 Å². The van der Waals surface area contributed by atoms with Crippen molar-refractivity contribution in [1.29, 1.82) is 0 Å². The molecule has 1 heterocycles. The smallest absolute Gasteiger partial charge is 0.326 e. The molecule has 3 N–H and O–H groups in total. The molecule has 114 valence electrons. The van der Waals surface area contributed by atoms with Crippen LogP contribution in [0.15, 0.2) is 24.3 Å². The number of hydrogen-bond donors (Lipinski definition) is 3. The fourth-order valence-corrected chi connectivity index (χ4v) is 2.22. The largest absolute Gasteiger partial charge is 0.480 e. The van der Waals surface area contributed by atoms with E-state index in [1.165, 1.54) is 0 Å². The molecule has 1 aromatic rings. The predicted octanol–water partition coefficient (Wildman–Crippen LogP) is 1.47. The van der Waals surface area contributed by atoms with Crippen LogP contribution in [-0.2, 0) is 9.59 Å². The summed E-state index contributed by atoms with van der Waals surface area (Å²) in [7, 11) is 0. The molecule has 2 atom stereocenters. The van der Waals surface area contributed by atoms with Crippen molar-refractivity contribution in [3.8, 4) is 5.75 Å². The van der Waals surface area contributed by atoms with Gasteiger partial charge in [0.25, 0.3) is 5.91 Å². The van der Waals surface area contributed by atoms with Crippen molar-refractivity contribution >= 4 is 17.6 Å². The average molecular weight is 292 g/mol. The second kappa shape index (κ2) is 6.47. The normalized spacial score (nSPS) is 18.1. The van der Waals surface area contributed by atoms with Gasteiger partial charge in [0.2, 0.25) is 0 Å². The molecule has 2 rings (SSSR count). The van der Waals surface area contributed by atoms with E-state index < -0.39 is 24.0 Å². The highest BCUT2D eigenvalue weighted by molar-refractivity contribution is 5.87. The van der Waals surface area contributed by atoms with Crippen molar-refractivity contribution in [1.82, 2.24) is 5.32 Å². The quantitative estimate of drug-likeness (QED) is 0.765. The third-order valence-electron chi connectivity index (χ3n) is 3.25. The number of rotatable bonds is 5. The van der Waals surface area contributed by atoms with Crippen molar-refractivity contribution in [3.63, 3.8) is 0 Å². The van der Waals surface area contributed by atoms with E-state index in [9.17, 15) is 9.59 Å². The number of hydrogen-bond acceptors (Lipinski definition) is 4. The lowest BCUT2D eigenvalue weighted by Crippen LogP contribution is -2.50. The predicted molar refractivity (Wildman–Crippen MR) is 78.4 cm³/mol. The standard InChI is InChI=1S/C15H20N2O4/c1-9(2)7-11(15(19)20)17-14(18)13-8-16-10-5-3-4-6-12(10)21-13/h3-6,9,11,13,16H,7-8H2,1-2H3,(H,17,18)(H,19,20)/t11-,13?/m1/s1. The van der Waals surface area contributed by atoms with Crippen molar-refractivity contribution < 1.29 is 19.4 Å². The summed E-state index contributed by atoms with van der Waals surface area (Å²) >= 11 is 0. The van der Waals surface area contributed by atoms with Crippen LogP contribution in [0.25, 0.3) is 0 Å². The minimum absolute atomic E-state index is 0.178. The molecule has 1 aromatic carbocycles. The maximum Gasteiger partial charge on any atom is 0.326 e. The molecule has 0 bridgehead atoms. The molecule has 0 aliphatic carbocycles. The molecule has 0 saturated heterocycles. The van der Waals surface area contributed by atoms with Crippen LogP contribution in [0.3, 0.4) is 0 Å². The number of fused-ring (bicyclic) bond motifs is 1. The number of carbonyl (C=O) groups is 2. The van der Waals surface area contributed by atoms with Crippen LogP contribution in [0.4, 0.5) is 5.69 Å². The van der Waals surface area contributed by atoms with E-state index in [2.05, 4.69) is 10.6 Å². The molecule has 0 aromatic heterocycles. The van der Waals surface area contributed by atoms with Gasteiger partial charge < -0.3 is 20.5 Å². The van der Waals surface area contributed by atoms with Gasteiger partial charge in [0.15, 0.2) is 6.10 Å². The number of amides is 1. The first-order valence-corrected chi connectivity index (χ1v) is 7.00. The van der Waals surface area contributed by atoms with Gasteiger partial charge in [0, 0.05) is 0 Å². The van der Waals surface area contributed by atoms with E-state index in [1.54, 1.807) is 6.07 Å². The van der Waals surface area contributed by atoms with Crippen molar-refractivity contribution in [2.24, 2.45) is 5.92 Å². The molecule has 6 nitrogen and oxygen atoms in total. The Kier molecular flexibility index (Phi) is 4.67. The molecular weight excluding hydrogens is 272 g/mol. The lowest BCUT2D eigenvalue weighted by molar-refractivity contribution is -0.143. The first-order valence-electron chi connectivity index (χ1n) is 7.00. The molecule has 1 amide bonds. The number of carboxylic acids is 1. The highest BCUT2D eigenvalue weighted by atomic mass is 16.5. The first-order chi connectivity index (χ1) is 9.97. The van der Waals surface area contributed by atoms with Gasteiger partial charge in [-0.15, -0.1) is 0 Å². The Morgan fingerprint density at radius 3 is 2.81 bits per heavy atom. The zero-order valence-electron chi connectivity index (χ0n) is 12.1. The summed E-state index contributed by atoms with van der Waals surface area (Å²) in [5, 5.41) is 14.8. The maximum atomic E-state index is 12.2. The van der Waals surface area contributed by atoms with Crippen LogP contribution in [0.5, 0.6) is 5.75 Å². The lowest BCUT2D eigenvalue weighted by Gasteiger charge is -2.27.